The lowest BCUT2D eigenvalue weighted by molar-refractivity contribution is -0.138. The summed E-state index contributed by atoms with van der Waals surface area (Å²) in [6.45, 7) is -0.750. The molecule has 1 aliphatic heterocycles. The van der Waals surface area contributed by atoms with E-state index in [2.05, 4.69) is 0 Å². The minimum absolute atomic E-state index is 0.0484. The third-order valence-electron chi connectivity index (χ3n) is 2.38. The maximum absolute atomic E-state index is 12.7. The Morgan fingerprint density at radius 2 is 2.12 bits per heavy atom. The summed E-state index contributed by atoms with van der Waals surface area (Å²) in [5.41, 5.74) is 5.86. The molecule has 0 amide bonds. The molecule has 1 atom stereocenters. The number of alkyl halides is 1. The fraction of sp³-hybridized carbons (Fsp3) is 0.300. The van der Waals surface area contributed by atoms with Crippen LogP contribution in [-0.4, -0.2) is 17.9 Å². The first kappa shape index (κ1) is 10.7. The standard InChI is InChI=1S/C10H10FNO4/c11-3-5-1-7-8(16-4-15-7)2-6(5)9(12)10(13)14/h1-2,9H,3-4,12H2,(H,13,14). The highest BCUT2D eigenvalue weighted by molar-refractivity contribution is 5.76. The van der Waals surface area contributed by atoms with Gasteiger partial charge in [0.2, 0.25) is 6.79 Å². The van der Waals surface area contributed by atoms with E-state index in [4.69, 9.17) is 20.3 Å². The van der Waals surface area contributed by atoms with E-state index in [0.717, 1.165) is 0 Å². The predicted molar refractivity (Wildman–Crippen MR) is 51.9 cm³/mol. The van der Waals surface area contributed by atoms with Gasteiger partial charge in [0.1, 0.15) is 12.7 Å². The van der Waals surface area contributed by atoms with Crippen molar-refractivity contribution >= 4 is 5.97 Å². The quantitative estimate of drug-likeness (QED) is 0.804. The molecule has 0 radical (unpaired) electrons. The van der Waals surface area contributed by atoms with Gasteiger partial charge in [-0.25, -0.2) is 4.39 Å². The van der Waals surface area contributed by atoms with Crippen LogP contribution >= 0.6 is 0 Å². The van der Waals surface area contributed by atoms with E-state index in [-0.39, 0.29) is 17.9 Å². The maximum Gasteiger partial charge on any atom is 0.325 e. The predicted octanol–water partition coefficient (Wildman–Crippen LogP) is 0.969. The molecule has 2 rings (SSSR count). The van der Waals surface area contributed by atoms with Gasteiger partial charge in [-0.2, -0.15) is 0 Å². The van der Waals surface area contributed by atoms with Crippen molar-refractivity contribution in [1.82, 2.24) is 0 Å². The van der Waals surface area contributed by atoms with Gasteiger partial charge in [0.25, 0.3) is 0 Å². The van der Waals surface area contributed by atoms with Crippen LogP contribution in [0.1, 0.15) is 17.2 Å². The van der Waals surface area contributed by atoms with Crippen molar-refractivity contribution in [2.75, 3.05) is 6.79 Å². The SMILES string of the molecule is NC(C(=O)O)c1cc2c(cc1CF)OCO2. The van der Waals surface area contributed by atoms with Crippen LogP contribution in [0.3, 0.4) is 0 Å². The van der Waals surface area contributed by atoms with Gasteiger partial charge in [-0.15, -0.1) is 0 Å². The monoisotopic (exact) mass is 227 g/mol. The second-order valence-corrected chi connectivity index (χ2v) is 3.35. The molecule has 0 bridgehead atoms. The van der Waals surface area contributed by atoms with Crippen molar-refractivity contribution in [3.05, 3.63) is 23.3 Å². The van der Waals surface area contributed by atoms with E-state index in [9.17, 15) is 9.18 Å². The lowest BCUT2D eigenvalue weighted by Crippen LogP contribution is -2.21. The number of hydrogen-bond acceptors (Lipinski definition) is 4. The summed E-state index contributed by atoms with van der Waals surface area (Å²) >= 11 is 0. The Hall–Kier alpha value is -1.82. The zero-order valence-electron chi connectivity index (χ0n) is 8.27. The molecule has 0 spiro atoms. The molecule has 16 heavy (non-hydrogen) atoms. The molecule has 0 fully saturated rings. The fourth-order valence-corrected chi connectivity index (χ4v) is 1.54. The first-order chi connectivity index (χ1) is 7.63. The summed E-state index contributed by atoms with van der Waals surface area (Å²) in [5.74, 6) is -0.411. The highest BCUT2D eigenvalue weighted by atomic mass is 19.1. The summed E-state index contributed by atoms with van der Waals surface area (Å²) in [6, 6.07) is 1.57. The number of benzene rings is 1. The first-order valence-corrected chi connectivity index (χ1v) is 4.60. The Labute approximate surface area is 90.6 Å². The van der Waals surface area contributed by atoms with Gasteiger partial charge in [-0.05, 0) is 23.3 Å². The molecule has 0 aromatic heterocycles. The van der Waals surface area contributed by atoms with E-state index in [1.54, 1.807) is 0 Å². The maximum atomic E-state index is 12.7. The average molecular weight is 227 g/mol. The molecule has 6 heteroatoms. The molecule has 5 nitrogen and oxygen atoms in total. The van der Waals surface area contributed by atoms with E-state index >= 15 is 0 Å². The Bertz CT molecular complexity index is 435. The smallest absolute Gasteiger partial charge is 0.325 e. The molecule has 1 aromatic carbocycles. The molecule has 1 heterocycles. The molecule has 0 aliphatic carbocycles. The molecule has 3 N–H and O–H groups in total. The molecule has 0 saturated heterocycles. The van der Waals surface area contributed by atoms with Crippen LogP contribution in [0.4, 0.5) is 4.39 Å². The number of fused-ring (bicyclic) bond motifs is 1. The Kier molecular flexibility index (Phi) is 2.66. The van der Waals surface area contributed by atoms with E-state index in [1.165, 1.54) is 12.1 Å². The topological polar surface area (TPSA) is 81.8 Å². The van der Waals surface area contributed by atoms with Crippen molar-refractivity contribution in [1.29, 1.82) is 0 Å². The average Bonchev–Trinajstić information content (AvgIpc) is 2.72. The van der Waals surface area contributed by atoms with E-state index in [1.807, 2.05) is 0 Å². The molecule has 86 valence electrons. The third kappa shape index (κ3) is 1.67. The lowest BCUT2D eigenvalue weighted by atomic mass is 10.0. The second kappa shape index (κ2) is 3.97. The highest BCUT2D eigenvalue weighted by Crippen LogP contribution is 2.36. The number of aliphatic carboxylic acids is 1. The van der Waals surface area contributed by atoms with Crippen molar-refractivity contribution < 1.29 is 23.8 Å². The van der Waals surface area contributed by atoms with Crippen LogP contribution in [0, 0.1) is 0 Å². The molecular weight excluding hydrogens is 217 g/mol. The summed E-state index contributed by atoms with van der Waals surface area (Å²) in [7, 11) is 0. The largest absolute Gasteiger partial charge is 0.480 e. The van der Waals surface area contributed by atoms with Crippen molar-refractivity contribution in [3.8, 4) is 11.5 Å². The van der Waals surface area contributed by atoms with Gasteiger partial charge in [0, 0.05) is 0 Å². The number of hydrogen-bond donors (Lipinski definition) is 2. The number of ether oxygens (including phenoxy) is 2. The summed E-state index contributed by atoms with van der Waals surface area (Å²) in [5, 5.41) is 8.78. The molecular formula is C10H10FNO4. The van der Waals surface area contributed by atoms with Gasteiger partial charge in [-0.1, -0.05) is 0 Å². The van der Waals surface area contributed by atoms with Crippen LogP contribution in [0.5, 0.6) is 11.5 Å². The van der Waals surface area contributed by atoms with Gasteiger partial charge >= 0.3 is 5.97 Å². The molecule has 1 aliphatic rings. The summed E-state index contributed by atoms with van der Waals surface area (Å²) in [4.78, 5) is 10.7. The summed E-state index contributed by atoms with van der Waals surface area (Å²) < 4.78 is 22.9. The van der Waals surface area contributed by atoms with Gasteiger partial charge in [0.05, 0.1) is 0 Å². The number of carbonyl (C=O) groups is 1. The normalized spacial score (nSPS) is 14.9. The number of halogens is 1. The number of rotatable bonds is 3. The molecule has 0 saturated carbocycles. The van der Waals surface area contributed by atoms with Crippen LogP contribution in [0.15, 0.2) is 12.1 Å². The van der Waals surface area contributed by atoms with Crippen molar-refractivity contribution in [2.45, 2.75) is 12.7 Å². The summed E-state index contributed by atoms with van der Waals surface area (Å²) in [6.07, 6.45) is 0. The first-order valence-electron chi connectivity index (χ1n) is 4.60. The zero-order chi connectivity index (χ0) is 11.7. The van der Waals surface area contributed by atoms with Crippen molar-refractivity contribution in [2.24, 2.45) is 5.73 Å². The Morgan fingerprint density at radius 3 is 2.69 bits per heavy atom. The zero-order valence-corrected chi connectivity index (χ0v) is 8.27. The van der Waals surface area contributed by atoms with Gasteiger partial charge in [0.15, 0.2) is 11.5 Å². The Morgan fingerprint density at radius 1 is 1.50 bits per heavy atom. The minimum atomic E-state index is -1.26. The van der Waals surface area contributed by atoms with E-state index in [0.29, 0.717) is 11.5 Å². The Balaban J connectivity index is 2.47. The van der Waals surface area contributed by atoms with E-state index < -0.39 is 18.7 Å². The molecule has 1 aromatic rings. The fourth-order valence-electron chi connectivity index (χ4n) is 1.54. The van der Waals surface area contributed by atoms with Crippen LogP contribution in [0.2, 0.25) is 0 Å². The van der Waals surface area contributed by atoms with Gasteiger partial charge in [-0.3, -0.25) is 4.79 Å². The highest BCUT2D eigenvalue weighted by Gasteiger charge is 2.23. The van der Waals surface area contributed by atoms with Gasteiger partial charge < -0.3 is 20.3 Å². The molecule has 1 unspecified atom stereocenters. The van der Waals surface area contributed by atoms with Crippen molar-refractivity contribution in [3.63, 3.8) is 0 Å². The van der Waals surface area contributed by atoms with Crippen LogP contribution in [-0.2, 0) is 11.5 Å². The van der Waals surface area contributed by atoms with Crippen LogP contribution in [0.25, 0.3) is 0 Å². The lowest BCUT2D eigenvalue weighted by Gasteiger charge is -2.11. The number of carboxylic acids is 1. The minimum Gasteiger partial charge on any atom is -0.480 e. The number of nitrogens with two attached hydrogens (primary N) is 1. The third-order valence-corrected chi connectivity index (χ3v) is 2.38. The number of carboxylic acid groups (broad SMARTS) is 1. The second-order valence-electron chi connectivity index (χ2n) is 3.35. The van der Waals surface area contributed by atoms with Crippen LogP contribution < -0.4 is 15.2 Å².